The lowest BCUT2D eigenvalue weighted by Gasteiger charge is -2.16. The van der Waals surface area contributed by atoms with Crippen LogP contribution in [0.4, 0.5) is 5.69 Å². The van der Waals surface area contributed by atoms with Crippen LogP contribution < -0.4 is 10.1 Å². The van der Waals surface area contributed by atoms with E-state index in [0.29, 0.717) is 29.6 Å². The minimum atomic E-state index is -0.655. The molecule has 0 saturated heterocycles. The second-order valence-electron chi connectivity index (χ2n) is 7.40. The molecule has 30 heavy (non-hydrogen) atoms. The molecule has 0 spiro atoms. The van der Waals surface area contributed by atoms with Crippen LogP contribution in [0.3, 0.4) is 0 Å². The lowest BCUT2D eigenvalue weighted by Crippen LogP contribution is -2.28. The molecule has 0 fully saturated rings. The summed E-state index contributed by atoms with van der Waals surface area (Å²) in [5.41, 5.74) is 3.14. The molecule has 0 saturated carbocycles. The molecule has 1 N–H and O–H groups in total. The number of methoxy groups -OCH3 is 1. The first-order valence-electron chi connectivity index (χ1n) is 9.88. The van der Waals surface area contributed by atoms with Crippen LogP contribution >= 0.6 is 0 Å². The van der Waals surface area contributed by atoms with Gasteiger partial charge >= 0.3 is 0 Å². The zero-order valence-electron chi connectivity index (χ0n) is 17.9. The lowest BCUT2D eigenvalue weighted by molar-refractivity contribution is -0.127. The molecule has 1 amide bonds. The van der Waals surface area contributed by atoms with E-state index in [1.807, 2.05) is 63.2 Å². The van der Waals surface area contributed by atoms with Crippen LogP contribution in [0.15, 0.2) is 47.0 Å². The van der Waals surface area contributed by atoms with Gasteiger partial charge in [0.2, 0.25) is 0 Å². The maximum absolute atomic E-state index is 12.8. The van der Waals surface area contributed by atoms with Gasteiger partial charge in [0.15, 0.2) is 5.82 Å². The van der Waals surface area contributed by atoms with Crippen LogP contribution in [0.25, 0.3) is 11.5 Å². The summed E-state index contributed by atoms with van der Waals surface area (Å²) in [6.07, 6.45) is -0.655. The van der Waals surface area contributed by atoms with E-state index in [9.17, 15) is 4.79 Å². The maximum atomic E-state index is 12.8. The van der Waals surface area contributed by atoms with Gasteiger partial charge in [-0.05, 0) is 43.2 Å². The Bertz CT molecular complexity index is 1010. The van der Waals surface area contributed by atoms with E-state index in [2.05, 4.69) is 15.5 Å². The molecule has 0 aliphatic rings. The van der Waals surface area contributed by atoms with Crippen molar-refractivity contribution in [3.8, 4) is 17.2 Å². The second-order valence-corrected chi connectivity index (χ2v) is 7.40. The molecule has 1 unspecified atom stereocenters. The monoisotopic (exact) mass is 409 g/mol. The van der Waals surface area contributed by atoms with E-state index in [1.54, 1.807) is 14.0 Å². The topological polar surface area (TPSA) is 86.5 Å². The molecule has 1 atom stereocenters. The summed E-state index contributed by atoms with van der Waals surface area (Å²) in [5.74, 6) is 1.65. The van der Waals surface area contributed by atoms with Crippen molar-refractivity contribution < 1.29 is 18.8 Å². The summed E-state index contributed by atoms with van der Waals surface area (Å²) in [4.78, 5) is 17.2. The zero-order valence-corrected chi connectivity index (χ0v) is 17.9. The highest BCUT2D eigenvalue weighted by Crippen LogP contribution is 2.30. The molecular weight excluding hydrogens is 382 g/mol. The highest BCUT2D eigenvalue weighted by atomic mass is 16.5. The molecule has 0 aliphatic heterocycles. The number of hydrogen-bond acceptors (Lipinski definition) is 6. The van der Waals surface area contributed by atoms with Gasteiger partial charge < -0.3 is 19.3 Å². The highest BCUT2D eigenvalue weighted by molar-refractivity contribution is 5.98. The predicted molar refractivity (Wildman–Crippen MR) is 114 cm³/mol. The van der Waals surface area contributed by atoms with Crippen LogP contribution in [-0.2, 0) is 16.1 Å². The Morgan fingerprint density at radius 2 is 1.93 bits per heavy atom. The zero-order chi connectivity index (χ0) is 21.7. The molecule has 158 valence electrons. The van der Waals surface area contributed by atoms with Gasteiger partial charge in [0, 0.05) is 5.92 Å². The van der Waals surface area contributed by atoms with Crippen LogP contribution in [-0.4, -0.2) is 29.3 Å². The average Bonchev–Trinajstić information content (AvgIpc) is 3.24. The lowest BCUT2D eigenvalue weighted by atomic mass is 10.1. The number of anilines is 1. The number of aryl methyl sites for hydroxylation is 1. The Balaban J connectivity index is 1.72. The number of ether oxygens (including phenoxy) is 2. The quantitative estimate of drug-likeness (QED) is 0.579. The van der Waals surface area contributed by atoms with Gasteiger partial charge in [0.1, 0.15) is 11.9 Å². The molecule has 7 heteroatoms. The fraction of sp³-hybridized carbons (Fsp3) is 0.348. The van der Waals surface area contributed by atoms with Crippen molar-refractivity contribution in [1.82, 2.24) is 10.1 Å². The first kappa shape index (κ1) is 21.5. The number of nitrogens with one attached hydrogen (secondary N) is 1. The number of hydrogen-bond donors (Lipinski definition) is 1. The molecule has 3 aromatic rings. The Morgan fingerprint density at radius 3 is 2.63 bits per heavy atom. The minimum absolute atomic E-state index is 0.149. The predicted octanol–water partition coefficient (Wildman–Crippen LogP) is 4.72. The Morgan fingerprint density at radius 1 is 1.17 bits per heavy atom. The van der Waals surface area contributed by atoms with Gasteiger partial charge in [-0.3, -0.25) is 4.79 Å². The third-order valence-corrected chi connectivity index (χ3v) is 4.71. The largest absolute Gasteiger partial charge is 0.497 e. The summed E-state index contributed by atoms with van der Waals surface area (Å²) < 4.78 is 16.4. The van der Waals surface area contributed by atoms with E-state index in [-0.39, 0.29) is 11.8 Å². The van der Waals surface area contributed by atoms with Gasteiger partial charge in [-0.1, -0.05) is 43.3 Å². The number of amides is 1. The normalized spacial score (nSPS) is 12.1. The molecule has 0 radical (unpaired) electrons. The number of para-hydroxylation sites is 1. The van der Waals surface area contributed by atoms with Crippen molar-refractivity contribution >= 4 is 11.6 Å². The minimum Gasteiger partial charge on any atom is -0.497 e. The van der Waals surface area contributed by atoms with Crippen molar-refractivity contribution in [2.24, 2.45) is 0 Å². The van der Waals surface area contributed by atoms with E-state index in [0.717, 1.165) is 16.9 Å². The van der Waals surface area contributed by atoms with E-state index >= 15 is 0 Å². The van der Waals surface area contributed by atoms with Crippen molar-refractivity contribution in [3.05, 3.63) is 59.4 Å². The second kappa shape index (κ2) is 9.54. The third-order valence-electron chi connectivity index (χ3n) is 4.71. The van der Waals surface area contributed by atoms with Gasteiger partial charge in [-0.2, -0.15) is 4.98 Å². The average molecular weight is 409 g/mol. The van der Waals surface area contributed by atoms with Crippen molar-refractivity contribution in [2.45, 2.75) is 46.3 Å². The van der Waals surface area contributed by atoms with Crippen molar-refractivity contribution in [1.29, 1.82) is 0 Å². The summed E-state index contributed by atoms with van der Waals surface area (Å²) in [6.45, 7) is 7.93. The maximum Gasteiger partial charge on any atom is 0.260 e. The molecule has 0 bridgehead atoms. The van der Waals surface area contributed by atoms with Crippen LogP contribution in [0.2, 0.25) is 0 Å². The Hall–Kier alpha value is -3.19. The molecule has 3 rings (SSSR count). The Labute approximate surface area is 176 Å². The first-order valence-corrected chi connectivity index (χ1v) is 9.88. The molecule has 7 nitrogen and oxygen atoms in total. The third kappa shape index (κ3) is 5.04. The Kier molecular flexibility index (Phi) is 6.84. The standard InChI is InChI=1S/C23H27N3O4/c1-14(2)21-25-23(30-26-21)19-11-6-8-15(3)20(19)24-22(27)16(4)29-13-17-9-7-10-18(12-17)28-5/h6-12,14,16H,13H2,1-5H3,(H,24,27). The van der Waals surface area contributed by atoms with Crippen LogP contribution in [0.1, 0.15) is 43.6 Å². The SMILES string of the molecule is COc1cccc(COC(C)C(=O)Nc2c(C)cccc2-c2nc(C(C)C)no2)c1. The highest BCUT2D eigenvalue weighted by Gasteiger charge is 2.20. The van der Waals surface area contributed by atoms with Gasteiger partial charge in [0.25, 0.3) is 11.8 Å². The molecule has 0 aliphatic carbocycles. The van der Waals surface area contributed by atoms with Crippen LogP contribution in [0, 0.1) is 6.92 Å². The fourth-order valence-electron chi connectivity index (χ4n) is 2.87. The number of carbonyl (C=O) groups is 1. The number of nitrogens with zero attached hydrogens (tertiary/aromatic N) is 2. The number of carbonyl (C=O) groups excluding carboxylic acids is 1. The molecule has 2 aromatic carbocycles. The summed E-state index contributed by atoms with van der Waals surface area (Å²) >= 11 is 0. The summed E-state index contributed by atoms with van der Waals surface area (Å²) in [6, 6.07) is 13.2. The number of aromatic nitrogens is 2. The van der Waals surface area contributed by atoms with Crippen LogP contribution in [0.5, 0.6) is 5.75 Å². The van der Waals surface area contributed by atoms with E-state index < -0.39 is 6.10 Å². The van der Waals surface area contributed by atoms with Gasteiger partial charge in [-0.15, -0.1) is 0 Å². The van der Waals surface area contributed by atoms with Crippen molar-refractivity contribution in [2.75, 3.05) is 12.4 Å². The van der Waals surface area contributed by atoms with E-state index in [4.69, 9.17) is 14.0 Å². The number of benzene rings is 2. The smallest absolute Gasteiger partial charge is 0.260 e. The van der Waals surface area contributed by atoms with Gasteiger partial charge in [-0.25, -0.2) is 0 Å². The molecular formula is C23H27N3O4. The molecule has 1 heterocycles. The van der Waals surface area contributed by atoms with Crippen molar-refractivity contribution in [3.63, 3.8) is 0 Å². The van der Waals surface area contributed by atoms with Gasteiger partial charge in [0.05, 0.1) is 25.0 Å². The fourth-order valence-corrected chi connectivity index (χ4v) is 2.87. The summed E-state index contributed by atoms with van der Waals surface area (Å²) in [5, 5.41) is 6.98. The first-order chi connectivity index (χ1) is 14.4. The van der Waals surface area contributed by atoms with E-state index in [1.165, 1.54) is 0 Å². The number of rotatable bonds is 8. The molecule has 1 aromatic heterocycles. The summed E-state index contributed by atoms with van der Waals surface area (Å²) in [7, 11) is 1.61.